The van der Waals surface area contributed by atoms with Crippen LogP contribution in [0.2, 0.25) is 0 Å². The number of anilines is 2. The molecule has 1 aromatic carbocycles. The van der Waals surface area contributed by atoms with Gasteiger partial charge in [-0.1, -0.05) is 6.07 Å². The predicted molar refractivity (Wildman–Crippen MR) is 143 cm³/mol. The Morgan fingerprint density at radius 2 is 1.57 bits per heavy atom. The first-order chi connectivity index (χ1) is 18.0. The van der Waals surface area contributed by atoms with Crippen LogP contribution in [0.15, 0.2) is 73.2 Å². The van der Waals surface area contributed by atoms with Gasteiger partial charge in [-0.3, -0.25) is 19.6 Å². The van der Waals surface area contributed by atoms with Gasteiger partial charge in [0.05, 0.1) is 5.69 Å². The summed E-state index contributed by atoms with van der Waals surface area (Å²) in [5.74, 6) is 1.01. The number of pyridine rings is 3. The maximum absolute atomic E-state index is 13.0. The fourth-order valence-electron chi connectivity index (χ4n) is 4.39. The number of nitrogens with one attached hydrogen (secondary N) is 2. The molecule has 184 valence electrons. The molecule has 0 spiro atoms. The number of aromatic nitrogens is 3. The number of rotatable bonds is 7. The summed E-state index contributed by atoms with van der Waals surface area (Å²) in [5, 5.41) is 5.94. The van der Waals surface area contributed by atoms with Crippen molar-refractivity contribution in [3.63, 3.8) is 0 Å². The van der Waals surface area contributed by atoms with Crippen LogP contribution < -0.4 is 10.6 Å². The van der Waals surface area contributed by atoms with Crippen molar-refractivity contribution in [3.8, 4) is 22.4 Å². The lowest BCUT2D eigenvalue weighted by atomic mass is 9.99. The van der Waals surface area contributed by atoms with E-state index in [-0.39, 0.29) is 17.7 Å². The Hall–Kier alpha value is -4.39. The topological polar surface area (TPSA) is 96.9 Å². The van der Waals surface area contributed by atoms with Crippen LogP contribution in [0.25, 0.3) is 22.4 Å². The molecule has 7 nitrogen and oxygen atoms in total. The number of carbonyl (C=O) groups is 2. The van der Waals surface area contributed by atoms with Gasteiger partial charge in [0.15, 0.2) is 0 Å². The maximum Gasteiger partial charge on any atom is 0.255 e. The Kier molecular flexibility index (Phi) is 5.96. The summed E-state index contributed by atoms with van der Waals surface area (Å²) in [6, 6.07) is 17.3. The molecule has 37 heavy (non-hydrogen) atoms. The minimum absolute atomic E-state index is 0.0244. The third-order valence-electron chi connectivity index (χ3n) is 6.86. The van der Waals surface area contributed by atoms with Crippen LogP contribution in [-0.2, 0) is 4.79 Å². The molecule has 2 aliphatic carbocycles. The van der Waals surface area contributed by atoms with E-state index in [1.807, 2.05) is 55.5 Å². The Labute approximate surface area is 215 Å². The molecule has 2 aliphatic rings. The molecular formula is C30H27N5O2. The molecule has 3 heterocycles. The number of amides is 2. The maximum atomic E-state index is 13.0. The highest BCUT2D eigenvalue weighted by molar-refractivity contribution is 6.04. The van der Waals surface area contributed by atoms with E-state index in [1.165, 1.54) is 0 Å². The van der Waals surface area contributed by atoms with Crippen molar-refractivity contribution in [3.05, 3.63) is 90.0 Å². The van der Waals surface area contributed by atoms with E-state index in [0.717, 1.165) is 65.0 Å². The monoisotopic (exact) mass is 489 g/mol. The first kappa shape index (κ1) is 23.0. The number of aryl methyl sites for hydroxylation is 1. The minimum Gasteiger partial charge on any atom is -0.322 e. The lowest BCUT2D eigenvalue weighted by Gasteiger charge is -2.12. The van der Waals surface area contributed by atoms with Crippen molar-refractivity contribution in [1.29, 1.82) is 0 Å². The summed E-state index contributed by atoms with van der Waals surface area (Å²) >= 11 is 0. The van der Waals surface area contributed by atoms with Crippen molar-refractivity contribution in [2.24, 2.45) is 5.92 Å². The van der Waals surface area contributed by atoms with Crippen molar-refractivity contribution < 1.29 is 9.59 Å². The summed E-state index contributed by atoms with van der Waals surface area (Å²) in [5.41, 5.74) is 7.06. The SMILES string of the molecule is Cc1ccc(NC(=O)c2ccnc(C3CC3)c2)cc1-c1ccnc(-c2ccnc(NC(=O)C3CC3)c2)c1. The molecule has 0 bridgehead atoms. The summed E-state index contributed by atoms with van der Waals surface area (Å²) in [4.78, 5) is 38.3. The second-order valence-corrected chi connectivity index (χ2v) is 9.85. The van der Waals surface area contributed by atoms with E-state index in [0.29, 0.717) is 17.3 Å². The molecular weight excluding hydrogens is 462 g/mol. The number of nitrogens with zero attached hydrogens (tertiary/aromatic N) is 3. The van der Waals surface area contributed by atoms with Crippen molar-refractivity contribution >= 4 is 23.3 Å². The molecule has 0 unspecified atom stereocenters. The van der Waals surface area contributed by atoms with Gasteiger partial charge in [0.25, 0.3) is 5.91 Å². The van der Waals surface area contributed by atoms with Crippen LogP contribution in [-0.4, -0.2) is 26.8 Å². The Bertz CT molecular complexity index is 1510. The van der Waals surface area contributed by atoms with Crippen LogP contribution in [0.3, 0.4) is 0 Å². The van der Waals surface area contributed by atoms with Gasteiger partial charge in [-0.25, -0.2) is 4.98 Å². The van der Waals surface area contributed by atoms with Crippen LogP contribution in [0, 0.1) is 12.8 Å². The van der Waals surface area contributed by atoms with E-state index in [2.05, 4.69) is 25.6 Å². The van der Waals surface area contributed by atoms with E-state index in [1.54, 1.807) is 24.7 Å². The molecule has 0 atom stereocenters. The first-order valence-corrected chi connectivity index (χ1v) is 12.7. The molecule has 0 aliphatic heterocycles. The van der Waals surface area contributed by atoms with Gasteiger partial charge >= 0.3 is 0 Å². The third-order valence-corrected chi connectivity index (χ3v) is 6.86. The fourth-order valence-corrected chi connectivity index (χ4v) is 4.39. The van der Waals surface area contributed by atoms with Gasteiger partial charge in [-0.2, -0.15) is 0 Å². The Morgan fingerprint density at radius 3 is 2.38 bits per heavy atom. The van der Waals surface area contributed by atoms with Crippen LogP contribution in [0.5, 0.6) is 0 Å². The van der Waals surface area contributed by atoms with Gasteiger partial charge in [0, 0.05) is 52.9 Å². The van der Waals surface area contributed by atoms with E-state index in [4.69, 9.17) is 0 Å². The van der Waals surface area contributed by atoms with Crippen LogP contribution in [0.4, 0.5) is 11.5 Å². The largest absolute Gasteiger partial charge is 0.322 e. The standard InChI is InChI=1S/C30H27N5O2/c1-18-2-7-24(34-30(37)23-10-12-31-26(15-23)19-3-4-19)17-25(18)21-8-11-32-27(14-21)22-9-13-33-28(16-22)35-29(36)20-5-6-20/h2,7-17,19-20H,3-6H2,1H3,(H,34,37)(H,33,35,36). The van der Waals surface area contributed by atoms with Gasteiger partial charge < -0.3 is 10.6 Å². The van der Waals surface area contributed by atoms with Crippen LogP contribution in [0.1, 0.15) is 53.2 Å². The lowest BCUT2D eigenvalue weighted by molar-refractivity contribution is -0.117. The first-order valence-electron chi connectivity index (χ1n) is 12.7. The van der Waals surface area contributed by atoms with Gasteiger partial charge in [0.1, 0.15) is 5.82 Å². The van der Waals surface area contributed by atoms with Crippen molar-refractivity contribution in [1.82, 2.24) is 15.0 Å². The number of carbonyl (C=O) groups excluding carboxylic acids is 2. The average Bonchev–Trinajstić information content (AvgIpc) is 3.83. The fraction of sp³-hybridized carbons (Fsp3) is 0.233. The number of benzene rings is 1. The highest BCUT2D eigenvalue weighted by Crippen LogP contribution is 2.39. The highest BCUT2D eigenvalue weighted by atomic mass is 16.2. The normalized spacial score (nSPS) is 14.7. The molecule has 2 saturated carbocycles. The second-order valence-electron chi connectivity index (χ2n) is 9.85. The van der Waals surface area contributed by atoms with Gasteiger partial charge in [0.2, 0.25) is 5.91 Å². The Balaban J connectivity index is 1.24. The smallest absolute Gasteiger partial charge is 0.255 e. The molecule has 3 aromatic heterocycles. The molecule has 2 fully saturated rings. The van der Waals surface area contributed by atoms with Crippen LogP contribution >= 0.6 is 0 Å². The summed E-state index contributed by atoms with van der Waals surface area (Å²) < 4.78 is 0. The van der Waals surface area contributed by atoms with Gasteiger partial charge in [-0.15, -0.1) is 0 Å². The van der Waals surface area contributed by atoms with E-state index >= 15 is 0 Å². The van der Waals surface area contributed by atoms with Crippen molar-refractivity contribution in [2.75, 3.05) is 10.6 Å². The Morgan fingerprint density at radius 1 is 0.784 bits per heavy atom. The molecule has 2 amide bonds. The lowest BCUT2D eigenvalue weighted by Crippen LogP contribution is -2.14. The van der Waals surface area contributed by atoms with Crippen molar-refractivity contribution in [2.45, 2.75) is 38.5 Å². The molecule has 2 N–H and O–H groups in total. The minimum atomic E-state index is -0.146. The zero-order chi connectivity index (χ0) is 25.4. The molecule has 6 rings (SSSR count). The predicted octanol–water partition coefficient (Wildman–Crippen LogP) is 5.99. The van der Waals surface area contributed by atoms with E-state index < -0.39 is 0 Å². The van der Waals surface area contributed by atoms with Gasteiger partial charge in [-0.05, 0) is 97.8 Å². The summed E-state index contributed by atoms with van der Waals surface area (Å²) in [6.45, 7) is 2.05. The number of hydrogen-bond acceptors (Lipinski definition) is 5. The quantitative estimate of drug-likeness (QED) is 0.332. The van der Waals surface area contributed by atoms with E-state index in [9.17, 15) is 9.59 Å². The highest BCUT2D eigenvalue weighted by Gasteiger charge is 2.30. The summed E-state index contributed by atoms with van der Waals surface area (Å²) in [7, 11) is 0. The molecule has 0 radical (unpaired) electrons. The zero-order valence-electron chi connectivity index (χ0n) is 20.6. The third kappa shape index (κ3) is 5.26. The molecule has 7 heteroatoms. The number of hydrogen-bond donors (Lipinski definition) is 2. The molecule has 0 saturated heterocycles. The zero-order valence-corrected chi connectivity index (χ0v) is 20.6. The second kappa shape index (κ2) is 9.58. The average molecular weight is 490 g/mol. The molecule has 4 aromatic rings. The summed E-state index contributed by atoms with van der Waals surface area (Å²) in [6.07, 6.45) is 9.34.